The van der Waals surface area contributed by atoms with Crippen molar-refractivity contribution in [3.8, 4) is 0 Å². The number of ether oxygens (including phenoxy) is 1. The number of hydrogen-bond donors (Lipinski definition) is 1. The maximum Gasteiger partial charge on any atom is 0.327 e. The van der Waals surface area contributed by atoms with E-state index < -0.39 is 6.04 Å². The normalized spacial score (nSPS) is 12.2. The zero-order valence-electron chi connectivity index (χ0n) is 12.0. The molecule has 2 rings (SSSR count). The van der Waals surface area contributed by atoms with Crippen molar-refractivity contribution in [1.82, 2.24) is 5.32 Å². The third-order valence-electron chi connectivity index (χ3n) is 3.33. The van der Waals surface area contributed by atoms with Gasteiger partial charge in [0.15, 0.2) is 0 Å². The minimum atomic E-state index is -0.428. The quantitative estimate of drug-likeness (QED) is 0.858. The van der Waals surface area contributed by atoms with Crippen LogP contribution in [0.5, 0.6) is 0 Å². The maximum absolute atomic E-state index is 12.1. The van der Waals surface area contributed by atoms with Gasteiger partial charge in [0.1, 0.15) is 6.04 Å². The summed E-state index contributed by atoms with van der Waals surface area (Å²) in [5, 5.41) is 5.34. The summed E-state index contributed by atoms with van der Waals surface area (Å²) in [5.74, 6) is -0.251. The summed E-state index contributed by atoms with van der Waals surface area (Å²) in [4.78, 5) is 13.3. The highest BCUT2D eigenvalue weighted by Gasteiger charge is 2.24. The van der Waals surface area contributed by atoms with Crippen LogP contribution in [0.15, 0.2) is 35.7 Å². The number of benzene rings is 1. The molecule has 1 N–H and O–H groups in total. The van der Waals surface area contributed by atoms with Crippen molar-refractivity contribution in [3.05, 3.63) is 57.3 Å². The molecule has 0 bridgehead atoms. The van der Waals surface area contributed by atoms with E-state index in [-0.39, 0.29) is 5.97 Å². The second-order valence-corrected chi connectivity index (χ2v) is 5.75. The van der Waals surface area contributed by atoms with Crippen molar-refractivity contribution < 1.29 is 9.53 Å². The summed E-state index contributed by atoms with van der Waals surface area (Å²) in [7, 11) is 1.43. The van der Waals surface area contributed by atoms with Crippen LogP contribution in [-0.2, 0) is 16.1 Å². The zero-order valence-corrected chi connectivity index (χ0v) is 12.8. The molecule has 1 aromatic heterocycles. The van der Waals surface area contributed by atoms with Crippen LogP contribution in [0.1, 0.15) is 27.6 Å². The summed E-state index contributed by atoms with van der Waals surface area (Å²) in [6.07, 6.45) is 0. The van der Waals surface area contributed by atoms with Gasteiger partial charge in [-0.3, -0.25) is 5.32 Å². The molecule has 20 heavy (non-hydrogen) atoms. The standard InChI is InChI=1S/C16H19NO2S/c1-11-6-4-7-12(2)14(11)15(16(18)19-3)17-10-13-8-5-9-20-13/h4-9,15,17H,10H2,1-3H3. The Morgan fingerprint density at radius 2 is 1.95 bits per heavy atom. The van der Waals surface area contributed by atoms with Crippen LogP contribution in [0, 0.1) is 13.8 Å². The molecule has 1 unspecified atom stereocenters. The summed E-state index contributed by atoms with van der Waals surface area (Å²) in [5.41, 5.74) is 3.20. The van der Waals surface area contributed by atoms with Gasteiger partial charge in [0.05, 0.1) is 7.11 Å². The SMILES string of the molecule is COC(=O)C(NCc1cccs1)c1c(C)cccc1C. The van der Waals surface area contributed by atoms with E-state index in [0.29, 0.717) is 6.54 Å². The molecule has 0 saturated carbocycles. The van der Waals surface area contributed by atoms with E-state index in [1.165, 1.54) is 12.0 Å². The number of methoxy groups -OCH3 is 1. The van der Waals surface area contributed by atoms with Crippen LogP contribution in [0.4, 0.5) is 0 Å². The number of carbonyl (C=O) groups excluding carboxylic acids is 1. The molecule has 1 atom stereocenters. The van der Waals surface area contributed by atoms with Gasteiger partial charge in [0, 0.05) is 11.4 Å². The van der Waals surface area contributed by atoms with Crippen LogP contribution in [-0.4, -0.2) is 13.1 Å². The largest absolute Gasteiger partial charge is 0.468 e. The molecule has 4 heteroatoms. The number of carbonyl (C=O) groups is 1. The maximum atomic E-state index is 12.1. The lowest BCUT2D eigenvalue weighted by atomic mass is 9.96. The number of esters is 1. The molecule has 0 aliphatic heterocycles. The van der Waals surface area contributed by atoms with E-state index in [2.05, 4.69) is 11.4 Å². The first-order valence-electron chi connectivity index (χ1n) is 6.53. The number of hydrogen-bond acceptors (Lipinski definition) is 4. The first-order chi connectivity index (χ1) is 9.63. The summed E-state index contributed by atoms with van der Waals surface area (Å²) in [6.45, 7) is 4.70. The van der Waals surface area contributed by atoms with Crippen molar-refractivity contribution in [2.45, 2.75) is 26.4 Å². The average Bonchev–Trinajstić information content (AvgIpc) is 2.94. The van der Waals surface area contributed by atoms with Gasteiger partial charge in [-0.1, -0.05) is 24.3 Å². The fourth-order valence-corrected chi connectivity index (χ4v) is 2.98. The fourth-order valence-electron chi connectivity index (χ4n) is 2.32. The van der Waals surface area contributed by atoms with Crippen LogP contribution >= 0.6 is 11.3 Å². The molecule has 0 aliphatic carbocycles. The molecule has 0 saturated heterocycles. The van der Waals surface area contributed by atoms with Crippen LogP contribution in [0.2, 0.25) is 0 Å². The Balaban J connectivity index is 2.25. The van der Waals surface area contributed by atoms with E-state index in [0.717, 1.165) is 16.7 Å². The van der Waals surface area contributed by atoms with E-state index in [1.807, 2.05) is 43.5 Å². The van der Waals surface area contributed by atoms with Crippen molar-refractivity contribution in [3.63, 3.8) is 0 Å². The summed E-state index contributed by atoms with van der Waals surface area (Å²) in [6, 6.07) is 9.67. The van der Waals surface area contributed by atoms with Crippen LogP contribution in [0.3, 0.4) is 0 Å². The van der Waals surface area contributed by atoms with Crippen LogP contribution in [0.25, 0.3) is 0 Å². The predicted molar refractivity (Wildman–Crippen MR) is 81.8 cm³/mol. The Kier molecular flexibility index (Phi) is 4.93. The highest BCUT2D eigenvalue weighted by atomic mass is 32.1. The monoisotopic (exact) mass is 289 g/mol. The Bertz CT molecular complexity index is 558. The molecule has 3 nitrogen and oxygen atoms in total. The lowest BCUT2D eigenvalue weighted by Crippen LogP contribution is -2.30. The molecular weight excluding hydrogens is 270 g/mol. The Morgan fingerprint density at radius 3 is 2.50 bits per heavy atom. The third kappa shape index (κ3) is 3.26. The van der Waals surface area contributed by atoms with Crippen molar-refractivity contribution in [2.75, 3.05) is 7.11 Å². The van der Waals surface area contributed by atoms with E-state index in [1.54, 1.807) is 11.3 Å². The molecule has 0 spiro atoms. The van der Waals surface area contributed by atoms with Gasteiger partial charge < -0.3 is 4.74 Å². The van der Waals surface area contributed by atoms with E-state index >= 15 is 0 Å². The van der Waals surface area contributed by atoms with Gasteiger partial charge in [-0.15, -0.1) is 11.3 Å². The molecule has 1 heterocycles. The van der Waals surface area contributed by atoms with Gasteiger partial charge in [0.2, 0.25) is 0 Å². The van der Waals surface area contributed by atoms with Gasteiger partial charge in [-0.05, 0) is 42.0 Å². The zero-order chi connectivity index (χ0) is 14.5. The Hall–Kier alpha value is -1.65. The molecule has 1 aromatic carbocycles. The van der Waals surface area contributed by atoms with E-state index in [4.69, 9.17) is 4.74 Å². The number of nitrogens with one attached hydrogen (secondary N) is 1. The average molecular weight is 289 g/mol. The van der Waals surface area contributed by atoms with Gasteiger partial charge >= 0.3 is 5.97 Å². The van der Waals surface area contributed by atoms with Crippen molar-refractivity contribution >= 4 is 17.3 Å². The molecule has 106 valence electrons. The van der Waals surface area contributed by atoms with E-state index in [9.17, 15) is 4.79 Å². The highest BCUT2D eigenvalue weighted by molar-refractivity contribution is 7.09. The topological polar surface area (TPSA) is 38.3 Å². The van der Waals surface area contributed by atoms with Gasteiger partial charge in [-0.2, -0.15) is 0 Å². The first-order valence-corrected chi connectivity index (χ1v) is 7.41. The molecule has 0 aliphatic rings. The van der Waals surface area contributed by atoms with Crippen molar-refractivity contribution in [2.24, 2.45) is 0 Å². The Labute approximate surface area is 123 Å². The second-order valence-electron chi connectivity index (χ2n) is 4.72. The minimum absolute atomic E-state index is 0.251. The lowest BCUT2D eigenvalue weighted by molar-refractivity contribution is -0.143. The molecule has 0 amide bonds. The molecule has 0 fully saturated rings. The summed E-state index contributed by atoms with van der Waals surface area (Å²) >= 11 is 1.67. The van der Waals surface area contributed by atoms with Gasteiger partial charge in [0.25, 0.3) is 0 Å². The number of thiophene rings is 1. The van der Waals surface area contributed by atoms with Crippen LogP contribution < -0.4 is 5.32 Å². The third-order valence-corrected chi connectivity index (χ3v) is 4.20. The molecule has 2 aromatic rings. The first kappa shape index (κ1) is 14.8. The number of aryl methyl sites for hydroxylation is 2. The predicted octanol–water partition coefficient (Wildman–Crippen LogP) is 3.37. The lowest BCUT2D eigenvalue weighted by Gasteiger charge is -2.20. The Morgan fingerprint density at radius 1 is 1.25 bits per heavy atom. The molecular formula is C16H19NO2S. The molecule has 0 radical (unpaired) electrons. The van der Waals surface area contributed by atoms with Gasteiger partial charge in [-0.25, -0.2) is 4.79 Å². The minimum Gasteiger partial charge on any atom is -0.468 e. The highest BCUT2D eigenvalue weighted by Crippen LogP contribution is 2.24. The summed E-state index contributed by atoms with van der Waals surface area (Å²) < 4.78 is 4.95. The second kappa shape index (κ2) is 6.68. The fraction of sp³-hybridized carbons (Fsp3) is 0.312. The van der Waals surface area contributed by atoms with Crippen molar-refractivity contribution in [1.29, 1.82) is 0 Å². The smallest absolute Gasteiger partial charge is 0.327 e. The number of rotatable bonds is 5.